The van der Waals surface area contributed by atoms with Gasteiger partial charge in [-0.1, -0.05) is 65.7 Å². The van der Waals surface area contributed by atoms with E-state index in [0.29, 0.717) is 66.7 Å². The number of hydrogen-bond acceptors (Lipinski definition) is 9. The van der Waals surface area contributed by atoms with Gasteiger partial charge >= 0.3 is 5.97 Å². The van der Waals surface area contributed by atoms with Crippen LogP contribution in [-0.2, 0) is 29.1 Å². The van der Waals surface area contributed by atoms with Gasteiger partial charge in [0.15, 0.2) is 0 Å². The molecule has 2 N–H and O–H groups in total. The second kappa shape index (κ2) is 14.4. The SMILES string of the molecule is COc1nc(-c2cccc(-c3cccc4c3CC[C@@H]4Oc3nc(OC)c(CN4CC[C@H](C(=O)O)C4)cc3Cl)c2Cl)ccc1CN1CC2(CCC(=O)N2)C1. The quantitative estimate of drug-likeness (QED) is 0.174. The lowest BCUT2D eigenvalue weighted by Crippen LogP contribution is -2.66. The largest absolute Gasteiger partial charge is 0.481 e. The molecule has 3 aliphatic heterocycles. The predicted octanol–water partition coefficient (Wildman–Crippen LogP) is 6.57. The second-order valence-electron chi connectivity index (χ2n) is 14.5. The highest BCUT2D eigenvalue weighted by Crippen LogP contribution is 2.45. The number of amides is 1. The van der Waals surface area contributed by atoms with Gasteiger partial charge in [-0.2, -0.15) is 4.98 Å². The number of ether oxygens (including phenoxy) is 3. The van der Waals surface area contributed by atoms with Crippen LogP contribution in [0.5, 0.6) is 17.6 Å². The Hall–Kier alpha value is -4.42. The molecule has 5 heterocycles. The average molecular weight is 759 g/mol. The van der Waals surface area contributed by atoms with E-state index < -0.39 is 5.97 Å². The first-order chi connectivity index (χ1) is 25.6. The van der Waals surface area contributed by atoms with E-state index in [1.807, 2.05) is 36.4 Å². The molecule has 3 saturated heterocycles. The van der Waals surface area contributed by atoms with Crippen LogP contribution in [0.1, 0.15) is 54.0 Å². The van der Waals surface area contributed by atoms with Crippen molar-refractivity contribution >= 4 is 35.1 Å². The van der Waals surface area contributed by atoms with Crippen molar-refractivity contribution < 1.29 is 28.9 Å². The van der Waals surface area contributed by atoms with Crippen molar-refractivity contribution in [3.63, 3.8) is 0 Å². The zero-order valence-electron chi connectivity index (χ0n) is 29.7. The number of likely N-dealkylation sites (tertiary alicyclic amines) is 2. The van der Waals surface area contributed by atoms with Gasteiger partial charge in [-0.15, -0.1) is 0 Å². The number of methoxy groups -OCH3 is 2. The van der Waals surface area contributed by atoms with Gasteiger partial charge in [-0.05, 0) is 61.1 Å². The van der Waals surface area contributed by atoms with Gasteiger partial charge in [0.25, 0.3) is 0 Å². The number of aromatic nitrogens is 2. The summed E-state index contributed by atoms with van der Waals surface area (Å²) in [7, 11) is 3.19. The Balaban J connectivity index is 0.998. The van der Waals surface area contributed by atoms with Crippen molar-refractivity contribution in [2.24, 2.45) is 5.92 Å². The number of benzene rings is 2. The van der Waals surface area contributed by atoms with Gasteiger partial charge in [-0.25, -0.2) is 4.98 Å². The van der Waals surface area contributed by atoms with Crippen LogP contribution in [0.25, 0.3) is 22.4 Å². The van der Waals surface area contributed by atoms with Crippen LogP contribution in [0.2, 0.25) is 10.0 Å². The number of carbonyl (C=O) groups is 2. The number of nitrogens with one attached hydrogen (secondary N) is 1. The highest BCUT2D eigenvalue weighted by Gasteiger charge is 2.47. The molecule has 2 aromatic carbocycles. The summed E-state index contributed by atoms with van der Waals surface area (Å²) in [6.07, 6.45) is 3.35. The number of carbonyl (C=O) groups excluding carboxylic acids is 1. The highest BCUT2D eigenvalue weighted by atomic mass is 35.5. The highest BCUT2D eigenvalue weighted by molar-refractivity contribution is 6.36. The van der Waals surface area contributed by atoms with Gasteiger partial charge in [0.05, 0.1) is 36.4 Å². The maximum atomic E-state index is 11.8. The Morgan fingerprint density at radius 3 is 2.38 bits per heavy atom. The zero-order valence-corrected chi connectivity index (χ0v) is 31.2. The number of rotatable bonds is 11. The number of aliphatic carboxylic acids is 1. The van der Waals surface area contributed by atoms with Crippen LogP contribution in [0.15, 0.2) is 54.6 Å². The third kappa shape index (κ3) is 6.91. The molecule has 4 aliphatic rings. The maximum absolute atomic E-state index is 11.8. The molecule has 1 spiro atoms. The summed E-state index contributed by atoms with van der Waals surface area (Å²) in [6.45, 7) is 3.99. The summed E-state index contributed by atoms with van der Waals surface area (Å²) >= 11 is 13.9. The molecule has 0 radical (unpaired) electrons. The number of hydrogen-bond donors (Lipinski definition) is 2. The van der Waals surface area contributed by atoms with Crippen LogP contribution in [0, 0.1) is 5.92 Å². The fraction of sp³-hybridized carbons (Fsp3) is 0.400. The number of pyridine rings is 2. The van der Waals surface area contributed by atoms with E-state index >= 15 is 0 Å². The number of halogens is 2. The molecule has 13 heteroatoms. The molecule has 11 nitrogen and oxygen atoms in total. The van der Waals surface area contributed by atoms with E-state index in [0.717, 1.165) is 77.0 Å². The van der Waals surface area contributed by atoms with E-state index in [9.17, 15) is 14.7 Å². The van der Waals surface area contributed by atoms with Crippen molar-refractivity contribution in [2.75, 3.05) is 40.4 Å². The van der Waals surface area contributed by atoms with Crippen LogP contribution in [0.4, 0.5) is 0 Å². The van der Waals surface area contributed by atoms with E-state index in [1.54, 1.807) is 20.3 Å². The summed E-state index contributed by atoms with van der Waals surface area (Å²) in [5.74, 6) is 0.252. The Kier molecular flexibility index (Phi) is 9.69. The third-order valence-electron chi connectivity index (χ3n) is 11.0. The van der Waals surface area contributed by atoms with E-state index in [4.69, 9.17) is 42.4 Å². The summed E-state index contributed by atoms with van der Waals surface area (Å²) in [5, 5.41) is 13.5. The van der Waals surface area contributed by atoms with Gasteiger partial charge in [0.2, 0.25) is 23.5 Å². The smallest absolute Gasteiger partial charge is 0.307 e. The number of fused-ring (bicyclic) bond motifs is 1. The molecule has 1 aliphatic carbocycles. The van der Waals surface area contributed by atoms with E-state index in [2.05, 4.69) is 32.2 Å². The molecular weight excluding hydrogens is 717 g/mol. The molecule has 276 valence electrons. The van der Waals surface area contributed by atoms with Crippen LogP contribution in [-0.4, -0.2) is 82.7 Å². The van der Waals surface area contributed by atoms with Crippen molar-refractivity contribution in [1.29, 1.82) is 0 Å². The first-order valence-corrected chi connectivity index (χ1v) is 18.7. The molecule has 2 aromatic heterocycles. The van der Waals surface area contributed by atoms with Gasteiger partial charge in [0.1, 0.15) is 11.1 Å². The summed E-state index contributed by atoms with van der Waals surface area (Å²) in [5.41, 5.74) is 7.37. The lowest BCUT2D eigenvalue weighted by molar-refractivity contribution is -0.141. The molecular formula is C40H41Cl2N5O6. The number of nitrogens with zero attached hydrogens (tertiary/aromatic N) is 4. The summed E-state index contributed by atoms with van der Waals surface area (Å²) < 4.78 is 17.9. The molecule has 1 amide bonds. The predicted molar refractivity (Wildman–Crippen MR) is 201 cm³/mol. The summed E-state index contributed by atoms with van der Waals surface area (Å²) in [6, 6.07) is 18.0. The lowest BCUT2D eigenvalue weighted by atomic mass is 9.88. The van der Waals surface area contributed by atoms with Crippen LogP contribution < -0.4 is 19.5 Å². The van der Waals surface area contributed by atoms with Crippen molar-refractivity contribution in [2.45, 2.75) is 56.8 Å². The maximum Gasteiger partial charge on any atom is 0.307 e. The minimum Gasteiger partial charge on any atom is -0.481 e. The number of carboxylic acid groups (broad SMARTS) is 1. The molecule has 0 bridgehead atoms. The molecule has 0 saturated carbocycles. The minimum absolute atomic E-state index is 0.0801. The zero-order chi connectivity index (χ0) is 36.9. The van der Waals surface area contributed by atoms with Crippen LogP contribution >= 0.6 is 23.2 Å². The molecule has 53 heavy (non-hydrogen) atoms. The molecule has 8 rings (SSSR count). The van der Waals surface area contributed by atoms with Gasteiger partial charge in [-0.3, -0.25) is 19.4 Å². The fourth-order valence-corrected chi connectivity index (χ4v) is 8.98. The van der Waals surface area contributed by atoms with Crippen LogP contribution in [0.3, 0.4) is 0 Å². The number of carboxylic acids is 1. The standard InChI is InChI=1S/C40H41Cl2N5O6/c1-51-36-23(18-47-21-40(22-47)15-13-34(48)45-40)9-11-32(43-36)30-8-4-7-29(35(30)42)26-5-3-6-28-27(26)10-12-33(28)53-38-31(41)17-25(37(44-38)52-2)20-46-16-14-24(19-46)39(49)50/h3-9,11,17,24,33H,10,12-16,18-22H2,1-2H3,(H,45,48)(H,49,50)/t24-,33-/m0/s1. The van der Waals surface area contributed by atoms with E-state index in [1.165, 1.54) is 0 Å². The molecule has 3 fully saturated rings. The normalized spacial score (nSPS) is 20.6. The molecule has 2 atom stereocenters. The van der Waals surface area contributed by atoms with Crippen molar-refractivity contribution in [3.05, 3.63) is 86.9 Å². The summed E-state index contributed by atoms with van der Waals surface area (Å²) in [4.78, 5) is 37.1. The first-order valence-electron chi connectivity index (χ1n) is 18.0. The van der Waals surface area contributed by atoms with Gasteiger partial charge < -0.3 is 24.6 Å². The Morgan fingerprint density at radius 2 is 1.64 bits per heavy atom. The van der Waals surface area contributed by atoms with Gasteiger partial charge in [0, 0.05) is 61.4 Å². The van der Waals surface area contributed by atoms with Crippen molar-refractivity contribution in [1.82, 2.24) is 25.1 Å². The Labute approximate surface area is 318 Å². The topological polar surface area (TPSA) is 126 Å². The van der Waals surface area contributed by atoms with E-state index in [-0.39, 0.29) is 23.5 Å². The molecule has 4 aromatic rings. The van der Waals surface area contributed by atoms with Crippen molar-refractivity contribution in [3.8, 4) is 40.0 Å². The Morgan fingerprint density at radius 1 is 0.906 bits per heavy atom. The minimum atomic E-state index is -0.771. The Bertz CT molecular complexity index is 2090. The first kappa shape index (κ1) is 35.6. The lowest BCUT2D eigenvalue weighted by Gasteiger charge is -2.48. The average Bonchev–Trinajstić information content (AvgIpc) is 3.89. The monoisotopic (exact) mass is 757 g/mol. The third-order valence-corrected chi connectivity index (χ3v) is 11.7. The second-order valence-corrected chi connectivity index (χ2v) is 15.3. The molecule has 0 unspecified atom stereocenters. The fourth-order valence-electron chi connectivity index (χ4n) is 8.44.